The van der Waals surface area contributed by atoms with Gasteiger partial charge in [0.25, 0.3) is 6.43 Å². The fourth-order valence-corrected chi connectivity index (χ4v) is 1.79. The maximum atomic E-state index is 12.4. The molecule has 0 saturated carbocycles. The summed E-state index contributed by atoms with van der Waals surface area (Å²) in [6.07, 6.45) is -1.95. The normalized spacial score (nSPS) is 10.6. The van der Waals surface area contributed by atoms with Crippen LogP contribution in [0.25, 0.3) is 0 Å². The van der Waals surface area contributed by atoms with E-state index in [1.54, 1.807) is 0 Å². The molecular formula is C7H3BrClF2NO2. The van der Waals surface area contributed by atoms with Gasteiger partial charge in [0.05, 0.1) is 11.1 Å². The summed E-state index contributed by atoms with van der Waals surface area (Å²) in [6.45, 7) is 0. The number of alkyl halides is 2. The van der Waals surface area contributed by atoms with Gasteiger partial charge in [-0.25, -0.2) is 18.6 Å². The van der Waals surface area contributed by atoms with Crippen LogP contribution in [0.4, 0.5) is 8.78 Å². The summed E-state index contributed by atoms with van der Waals surface area (Å²) in [5, 5.41) is 8.20. The van der Waals surface area contributed by atoms with E-state index < -0.39 is 23.1 Å². The van der Waals surface area contributed by atoms with Crippen LogP contribution in [0.5, 0.6) is 0 Å². The second-order valence-corrected chi connectivity index (χ2v) is 3.45. The molecule has 7 heteroatoms. The molecule has 1 N–H and O–H groups in total. The van der Waals surface area contributed by atoms with Crippen molar-refractivity contribution in [3.05, 3.63) is 26.9 Å². The zero-order valence-corrected chi connectivity index (χ0v) is 8.81. The Balaban J connectivity index is 3.41. The molecule has 1 aromatic rings. The van der Waals surface area contributed by atoms with Crippen LogP contribution in [0.15, 0.2) is 10.7 Å². The number of aromatic nitrogens is 1. The van der Waals surface area contributed by atoms with Crippen molar-refractivity contribution >= 4 is 33.5 Å². The van der Waals surface area contributed by atoms with Crippen LogP contribution in [-0.4, -0.2) is 16.1 Å². The molecule has 0 saturated heterocycles. The summed E-state index contributed by atoms with van der Waals surface area (Å²) in [7, 11) is 0. The standard InChI is InChI=1S/C7H3BrClF2NO2/c8-4-2(7(13)14)1-12-5(9)3(4)6(10)11/h1,6H,(H,13,14). The van der Waals surface area contributed by atoms with Crippen molar-refractivity contribution in [2.75, 3.05) is 0 Å². The smallest absolute Gasteiger partial charge is 0.338 e. The van der Waals surface area contributed by atoms with Crippen molar-refractivity contribution in [3.8, 4) is 0 Å². The first-order chi connectivity index (χ1) is 6.45. The molecule has 0 aliphatic rings. The Morgan fingerprint density at radius 3 is 2.64 bits per heavy atom. The summed E-state index contributed by atoms with van der Waals surface area (Å²) in [4.78, 5) is 13.9. The highest BCUT2D eigenvalue weighted by atomic mass is 79.9. The summed E-state index contributed by atoms with van der Waals surface area (Å²) < 4.78 is 24.5. The predicted molar refractivity (Wildman–Crippen MR) is 48.9 cm³/mol. The molecule has 0 aliphatic heterocycles. The van der Waals surface area contributed by atoms with Crippen LogP contribution in [0.2, 0.25) is 5.15 Å². The maximum absolute atomic E-state index is 12.4. The Morgan fingerprint density at radius 2 is 2.21 bits per heavy atom. The lowest BCUT2D eigenvalue weighted by atomic mass is 10.2. The van der Waals surface area contributed by atoms with Crippen LogP contribution >= 0.6 is 27.5 Å². The van der Waals surface area contributed by atoms with E-state index in [1.165, 1.54) is 0 Å². The van der Waals surface area contributed by atoms with E-state index in [1.807, 2.05) is 0 Å². The SMILES string of the molecule is O=C(O)c1cnc(Cl)c(C(F)F)c1Br. The van der Waals surface area contributed by atoms with E-state index in [9.17, 15) is 13.6 Å². The Bertz CT molecular complexity index is 386. The molecule has 0 aromatic carbocycles. The van der Waals surface area contributed by atoms with E-state index in [-0.39, 0.29) is 10.0 Å². The minimum atomic E-state index is -2.87. The predicted octanol–water partition coefficient (Wildman–Crippen LogP) is 3.13. The molecule has 0 spiro atoms. The quantitative estimate of drug-likeness (QED) is 0.850. The number of rotatable bonds is 2. The maximum Gasteiger partial charge on any atom is 0.338 e. The molecule has 0 aliphatic carbocycles. The average molecular weight is 286 g/mol. The number of hydrogen-bond donors (Lipinski definition) is 1. The number of aromatic carboxylic acids is 1. The molecular weight excluding hydrogens is 283 g/mol. The third kappa shape index (κ3) is 2.01. The number of pyridine rings is 1. The van der Waals surface area contributed by atoms with E-state index >= 15 is 0 Å². The van der Waals surface area contributed by atoms with Crippen molar-refractivity contribution in [2.45, 2.75) is 6.43 Å². The van der Waals surface area contributed by atoms with Crippen molar-refractivity contribution in [1.82, 2.24) is 4.98 Å². The lowest BCUT2D eigenvalue weighted by Gasteiger charge is -2.07. The first-order valence-corrected chi connectivity index (χ1v) is 4.47. The second-order valence-electron chi connectivity index (χ2n) is 2.30. The molecule has 0 fully saturated rings. The molecule has 0 amide bonds. The molecule has 1 rings (SSSR count). The van der Waals surface area contributed by atoms with Gasteiger partial charge < -0.3 is 5.11 Å². The van der Waals surface area contributed by atoms with Gasteiger partial charge in [-0.15, -0.1) is 0 Å². The second kappa shape index (κ2) is 4.18. The highest BCUT2D eigenvalue weighted by molar-refractivity contribution is 9.10. The van der Waals surface area contributed by atoms with Crippen LogP contribution in [-0.2, 0) is 0 Å². The number of halogens is 4. The Labute approximate surface area is 90.8 Å². The number of nitrogens with zero attached hydrogens (tertiary/aromatic N) is 1. The summed E-state index contributed by atoms with van der Waals surface area (Å²) in [5.41, 5.74) is -0.948. The lowest BCUT2D eigenvalue weighted by Crippen LogP contribution is -2.03. The molecule has 0 radical (unpaired) electrons. The molecule has 3 nitrogen and oxygen atoms in total. The van der Waals surface area contributed by atoms with E-state index in [4.69, 9.17) is 16.7 Å². The Hall–Kier alpha value is -0.750. The van der Waals surface area contributed by atoms with Crippen LogP contribution < -0.4 is 0 Å². The molecule has 76 valence electrons. The highest BCUT2D eigenvalue weighted by Crippen LogP contribution is 2.34. The fraction of sp³-hybridized carbons (Fsp3) is 0.143. The average Bonchev–Trinajstić information content (AvgIpc) is 2.02. The largest absolute Gasteiger partial charge is 0.478 e. The third-order valence-corrected chi connectivity index (χ3v) is 2.61. The monoisotopic (exact) mass is 285 g/mol. The van der Waals surface area contributed by atoms with Crippen LogP contribution in [0.3, 0.4) is 0 Å². The van der Waals surface area contributed by atoms with Gasteiger partial charge in [0.1, 0.15) is 5.15 Å². The lowest BCUT2D eigenvalue weighted by molar-refractivity contribution is 0.0694. The van der Waals surface area contributed by atoms with Gasteiger partial charge in [0.15, 0.2) is 0 Å². The molecule has 14 heavy (non-hydrogen) atoms. The molecule has 0 bridgehead atoms. The molecule has 0 unspecified atom stereocenters. The highest BCUT2D eigenvalue weighted by Gasteiger charge is 2.22. The number of hydrogen-bond acceptors (Lipinski definition) is 2. The van der Waals surface area contributed by atoms with Gasteiger partial charge >= 0.3 is 5.97 Å². The van der Waals surface area contributed by atoms with Gasteiger partial charge in [0, 0.05) is 10.7 Å². The Morgan fingerprint density at radius 1 is 1.64 bits per heavy atom. The van der Waals surface area contributed by atoms with Gasteiger partial charge in [-0.1, -0.05) is 11.6 Å². The van der Waals surface area contributed by atoms with Crippen LogP contribution in [0, 0.1) is 0 Å². The molecule has 1 heterocycles. The van der Waals surface area contributed by atoms with Gasteiger partial charge in [-0.05, 0) is 15.9 Å². The van der Waals surface area contributed by atoms with Gasteiger partial charge in [-0.3, -0.25) is 0 Å². The van der Waals surface area contributed by atoms with Crippen molar-refractivity contribution in [1.29, 1.82) is 0 Å². The van der Waals surface area contributed by atoms with Gasteiger partial charge in [0.2, 0.25) is 0 Å². The number of carboxylic acid groups (broad SMARTS) is 1. The topological polar surface area (TPSA) is 50.2 Å². The van der Waals surface area contributed by atoms with E-state index in [2.05, 4.69) is 20.9 Å². The number of carbonyl (C=O) groups is 1. The van der Waals surface area contributed by atoms with Crippen molar-refractivity contribution in [3.63, 3.8) is 0 Å². The minimum Gasteiger partial charge on any atom is -0.478 e. The summed E-state index contributed by atoms with van der Waals surface area (Å²) in [5.74, 6) is -1.34. The van der Waals surface area contributed by atoms with Crippen molar-refractivity contribution in [2.24, 2.45) is 0 Å². The van der Waals surface area contributed by atoms with Crippen molar-refractivity contribution < 1.29 is 18.7 Å². The molecule has 0 atom stereocenters. The summed E-state index contributed by atoms with van der Waals surface area (Å²) in [6, 6.07) is 0. The minimum absolute atomic E-state index is 0.236. The number of carboxylic acids is 1. The summed E-state index contributed by atoms with van der Waals surface area (Å²) >= 11 is 8.14. The van der Waals surface area contributed by atoms with Gasteiger partial charge in [-0.2, -0.15) is 0 Å². The van der Waals surface area contributed by atoms with E-state index in [0.717, 1.165) is 6.20 Å². The van der Waals surface area contributed by atoms with Crippen LogP contribution in [0.1, 0.15) is 22.3 Å². The van der Waals surface area contributed by atoms with E-state index in [0.29, 0.717) is 0 Å². The first-order valence-electron chi connectivity index (χ1n) is 3.30. The fourth-order valence-electron chi connectivity index (χ4n) is 0.818. The Kier molecular flexibility index (Phi) is 3.38. The zero-order chi connectivity index (χ0) is 10.9. The molecule has 1 aromatic heterocycles. The zero-order valence-electron chi connectivity index (χ0n) is 6.47. The first kappa shape index (κ1) is 11.3. The third-order valence-electron chi connectivity index (χ3n) is 1.45.